The van der Waals surface area contributed by atoms with Crippen LogP contribution < -0.4 is 10.1 Å². The van der Waals surface area contributed by atoms with Crippen molar-refractivity contribution in [1.29, 1.82) is 0 Å². The molecule has 5 nitrogen and oxygen atoms in total. The highest BCUT2D eigenvalue weighted by molar-refractivity contribution is 9.11. The molecular weight excluding hydrogens is 533 g/mol. The van der Waals surface area contributed by atoms with Gasteiger partial charge in [0.15, 0.2) is 5.69 Å². The van der Waals surface area contributed by atoms with Crippen LogP contribution in [0.25, 0.3) is 16.3 Å². The number of methoxy groups -OCH3 is 1. The first-order valence-corrected chi connectivity index (χ1v) is 12.1. The molecule has 1 amide bonds. The van der Waals surface area contributed by atoms with E-state index in [9.17, 15) is 4.79 Å². The van der Waals surface area contributed by atoms with Crippen LogP contribution in [0.3, 0.4) is 0 Å². The lowest BCUT2D eigenvalue weighted by Gasteiger charge is -2.09. The molecule has 2 aromatic heterocycles. The minimum atomic E-state index is -0.298. The van der Waals surface area contributed by atoms with E-state index in [0.29, 0.717) is 39.3 Å². The highest BCUT2D eigenvalue weighted by Gasteiger charge is 2.25. The average Bonchev–Trinajstić information content (AvgIpc) is 3.37. The molecule has 4 aromatic rings. The van der Waals surface area contributed by atoms with Crippen LogP contribution in [0.4, 0.5) is 5.69 Å². The number of carbonyl (C=O) groups excluding carboxylic acids is 1. The lowest BCUT2D eigenvalue weighted by atomic mass is 10.1. The van der Waals surface area contributed by atoms with E-state index >= 15 is 0 Å². The van der Waals surface area contributed by atoms with Gasteiger partial charge < -0.3 is 10.1 Å². The molecule has 0 saturated heterocycles. The maximum absolute atomic E-state index is 13.2. The Kier molecular flexibility index (Phi) is 6.90. The first kappa shape index (κ1) is 22.9. The maximum Gasteiger partial charge on any atom is 0.276 e. The molecule has 0 unspecified atom stereocenters. The predicted octanol–water partition coefficient (Wildman–Crippen LogP) is 7.49. The Hall–Kier alpha value is -2.32. The van der Waals surface area contributed by atoms with Gasteiger partial charge >= 0.3 is 0 Å². The largest absolute Gasteiger partial charge is 0.497 e. The predicted molar refractivity (Wildman–Crippen MR) is 135 cm³/mol. The van der Waals surface area contributed by atoms with E-state index in [0.717, 1.165) is 19.9 Å². The Balaban J connectivity index is 1.83. The van der Waals surface area contributed by atoms with Gasteiger partial charge in [-0.05, 0) is 76.9 Å². The molecule has 0 saturated carbocycles. The number of hydrogen-bond acceptors (Lipinski definition) is 4. The van der Waals surface area contributed by atoms with E-state index in [1.165, 1.54) is 0 Å². The molecule has 0 aliphatic rings. The molecule has 32 heavy (non-hydrogen) atoms. The number of ether oxygens (including phenoxy) is 1. The van der Waals surface area contributed by atoms with Crippen molar-refractivity contribution in [3.8, 4) is 22.0 Å². The van der Waals surface area contributed by atoms with Crippen LogP contribution >= 0.6 is 50.5 Å². The zero-order chi connectivity index (χ0) is 22.8. The number of benzene rings is 2. The number of halogens is 3. The molecule has 2 aromatic carbocycles. The first-order valence-electron chi connectivity index (χ1n) is 9.69. The van der Waals surface area contributed by atoms with Gasteiger partial charge in [-0.1, -0.05) is 30.1 Å². The average molecular weight is 551 g/mol. The Morgan fingerprint density at radius 3 is 2.50 bits per heavy atom. The molecule has 4 rings (SSSR count). The summed E-state index contributed by atoms with van der Waals surface area (Å²) in [5.41, 5.74) is 3.30. The maximum atomic E-state index is 13.2. The number of amides is 1. The SMILES string of the molecule is CCc1c(C(=O)Nc2ccc(OC)cc2)nn(-c2ccc(Cl)cc2Cl)c1-c1ccc(Br)s1. The zero-order valence-corrected chi connectivity index (χ0v) is 21.1. The first-order chi connectivity index (χ1) is 15.4. The van der Waals surface area contributed by atoms with Crippen molar-refractivity contribution in [1.82, 2.24) is 9.78 Å². The molecule has 2 heterocycles. The van der Waals surface area contributed by atoms with Crippen molar-refractivity contribution in [3.05, 3.63) is 79.7 Å². The van der Waals surface area contributed by atoms with Crippen molar-refractivity contribution < 1.29 is 9.53 Å². The summed E-state index contributed by atoms with van der Waals surface area (Å²) in [7, 11) is 1.60. The van der Waals surface area contributed by atoms with Gasteiger partial charge in [0.2, 0.25) is 0 Å². The third-order valence-electron chi connectivity index (χ3n) is 4.84. The highest BCUT2D eigenvalue weighted by atomic mass is 79.9. The number of thiophene rings is 1. The smallest absolute Gasteiger partial charge is 0.276 e. The van der Waals surface area contributed by atoms with Gasteiger partial charge in [0.05, 0.1) is 32.2 Å². The molecule has 0 aliphatic carbocycles. The van der Waals surface area contributed by atoms with Crippen LogP contribution in [0.2, 0.25) is 10.0 Å². The molecule has 0 fully saturated rings. The molecule has 0 bridgehead atoms. The van der Waals surface area contributed by atoms with Crippen LogP contribution in [0.15, 0.2) is 58.4 Å². The lowest BCUT2D eigenvalue weighted by Crippen LogP contribution is -2.14. The third kappa shape index (κ3) is 4.57. The summed E-state index contributed by atoms with van der Waals surface area (Å²) in [6, 6.07) is 16.3. The van der Waals surface area contributed by atoms with Crippen LogP contribution in [0.5, 0.6) is 5.75 Å². The Labute approximate surface area is 208 Å². The Bertz CT molecular complexity index is 1290. The second-order valence-corrected chi connectivity index (χ2v) is 10.1. The van der Waals surface area contributed by atoms with Crippen LogP contribution in [-0.4, -0.2) is 22.8 Å². The van der Waals surface area contributed by atoms with Crippen molar-refractivity contribution in [2.75, 3.05) is 12.4 Å². The summed E-state index contributed by atoms with van der Waals surface area (Å²) >= 11 is 17.7. The minimum absolute atomic E-state index is 0.298. The van der Waals surface area contributed by atoms with E-state index in [2.05, 4.69) is 21.2 Å². The number of aromatic nitrogens is 2. The van der Waals surface area contributed by atoms with Gasteiger partial charge in [0.25, 0.3) is 5.91 Å². The van der Waals surface area contributed by atoms with Gasteiger partial charge in [0, 0.05) is 16.3 Å². The Morgan fingerprint density at radius 1 is 1.16 bits per heavy atom. The molecule has 1 N–H and O–H groups in total. The normalized spacial score (nSPS) is 10.9. The summed E-state index contributed by atoms with van der Waals surface area (Å²) < 4.78 is 7.88. The van der Waals surface area contributed by atoms with Crippen LogP contribution in [-0.2, 0) is 6.42 Å². The summed E-state index contributed by atoms with van der Waals surface area (Å²) in [4.78, 5) is 14.2. The van der Waals surface area contributed by atoms with Crippen molar-refractivity contribution >= 4 is 62.1 Å². The number of nitrogens with zero attached hydrogens (tertiary/aromatic N) is 2. The fraction of sp³-hybridized carbons (Fsp3) is 0.130. The van der Waals surface area contributed by atoms with E-state index in [4.69, 9.17) is 33.0 Å². The third-order valence-corrected chi connectivity index (χ3v) is 7.01. The quantitative estimate of drug-likeness (QED) is 0.270. The van der Waals surface area contributed by atoms with Crippen molar-refractivity contribution in [2.45, 2.75) is 13.3 Å². The monoisotopic (exact) mass is 549 g/mol. The molecule has 0 aliphatic heterocycles. The Morgan fingerprint density at radius 2 is 1.91 bits per heavy atom. The van der Waals surface area contributed by atoms with Gasteiger partial charge in [-0.25, -0.2) is 4.68 Å². The topological polar surface area (TPSA) is 56.1 Å². The fourth-order valence-corrected chi connectivity index (χ4v) is 5.29. The number of carbonyl (C=O) groups is 1. The molecule has 9 heteroatoms. The number of anilines is 1. The zero-order valence-electron chi connectivity index (χ0n) is 17.2. The van der Waals surface area contributed by atoms with Gasteiger partial charge in [-0.15, -0.1) is 11.3 Å². The van der Waals surface area contributed by atoms with E-state index in [-0.39, 0.29) is 5.91 Å². The van der Waals surface area contributed by atoms with Gasteiger partial charge in [-0.2, -0.15) is 5.10 Å². The highest BCUT2D eigenvalue weighted by Crippen LogP contribution is 2.38. The number of nitrogens with one attached hydrogen (secondary N) is 1. The lowest BCUT2D eigenvalue weighted by molar-refractivity contribution is 0.102. The molecule has 0 spiro atoms. The second kappa shape index (κ2) is 9.67. The minimum Gasteiger partial charge on any atom is -0.497 e. The van der Waals surface area contributed by atoms with E-state index in [1.54, 1.807) is 65.6 Å². The van der Waals surface area contributed by atoms with Crippen LogP contribution in [0, 0.1) is 0 Å². The number of hydrogen-bond donors (Lipinski definition) is 1. The second-order valence-electron chi connectivity index (χ2n) is 6.82. The molecular formula is C23H18BrCl2N3O2S. The number of rotatable bonds is 6. The summed E-state index contributed by atoms with van der Waals surface area (Å²) in [5, 5.41) is 8.60. The van der Waals surface area contributed by atoms with Gasteiger partial charge in [-0.3, -0.25) is 4.79 Å². The molecule has 0 atom stereocenters. The van der Waals surface area contributed by atoms with E-state index < -0.39 is 0 Å². The molecule has 0 radical (unpaired) electrons. The summed E-state index contributed by atoms with van der Waals surface area (Å²) in [6.07, 6.45) is 0.613. The molecule has 164 valence electrons. The van der Waals surface area contributed by atoms with Crippen molar-refractivity contribution in [3.63, 3.8) is 0 Å². The van der Waals surface area contributed by atoms with Gasteiger partial charge in [0.1, 0.15) is 5.75 Å². The summed E-state index contributed by atoms with van der Waals surface area (Å²) in [5.74, 6) is 0.414. The summed E-state index contributed by atoms with van der Waals surface area (Å²) in [6.45, 7) is 2.00. The standard InChI is InChI=1S/C23H18BrCl2N3O2S/c1-3-16-21(23(30)27-14-5-7-15(31-2)8-6-14)28-29(18-9-4-13(25)12-17(18)26)22(16)19-10-11-20(24)32-19/h4-12H,3H2,1-2H3,(H,27,30). The fourth-order valence-electron chi connectivity index (χ4n) is 3.35. The van der Waals surface area contributed by atoms with Crippen molar-refractivity contribution in [2.24, 2.45) is 0 Å². The van der Waals surface area contributed by atoms with Crippen LogP contribution in [0.1, 0.15) is 23.0 Å². The van der Waals surface area contributed by atoms with E-state index in [1.807, 2.05) is 19.1 Å².